The van der Waals surface area contributed by atoms with E-state index in [1.807, 2.05) is 35.7 Å². The minimum atomic E-state index is -3.36. The topological polar surface area (TPSA) is 63.5 Å². The maximum atomic E-state index is 11.5. The third-order valence-corrected chi connectivity index (χ3v) is 4.01. The number of nitrogens with zero attached hydrogens (tertiary/aromatic N) is 2. The number of sulfonamides is 1. The molecule has 19 heavy (non-hydrogen) atoms. The summed E-state index contributed by atoms with van der Waals surface area (Å²) in [4.78, 5) is 5.41. The first-order valence-electron chi connectivity index (χ1n) is 5.53. The van der Waals surface area contributed by atoms with Crippen LogP contribution in [0, 0.1) is 0 Å². The fourth-order valence-electron chi connectivity index (χ4n) is 1.85. The van der Waals surface area contributed by atoms with E-state index in [2.05, 4.69) is 9.71 Å². The molecule has 0 aromatic carbocycles. The summed E-state index contributed by atoms with van der Waals surface area (Å²) in [6.45, 7) is 0. The highest BCUT2D eigenvalue weighted by Gasteiger charge is 2.17. The quantitative estimate of drug-likeness (QED) is 0.806. The van der Waals surface area contributed by atoms with E-state index in [1.165, 1.54) is 11.3 Å². The second kappa shape index (κ2) is 4.36. The van der Waals surface area contributed by atoms with Crippen LogP contribution < -0.4 is 4.72 Å². The standard InChI is InChI=1S/C12H11N3O2S2/c1-19(16,17)14-12-11(9-5-4-8-18-9)13-10-6-2-3-7-15(10)12/h2-8,14H,1H3. The summed E-state index contributed by atoms with van der Waals surface area (Å²) in [5.74, 6) is 0.473. The van der Waals surface area contributed by atoms with Crippen molar-refractivity contribution < 1.29 is 8.42 Å². The highest BCUT2D eigenvalue weighted by molar-refractivity contribution is 7.92. The zero-order valence-electron chi connectivity index (χ0n) is 10.1. The first-order chi connectivity index (χ1) is 9.04. The molecular weight excluding hydrogens is 282 g/mol. The Morgan fingerprint density at radius 3 is 2.79 bits per heavy atom. The molecule has 0 spiro atoms. The fourth-order valence-corrected chi connectivity index (χ4v) is 3.12. The molecule has 3 heterocycles. The van der Waals surface area contributed by atoms with Gasteiger partial charge >= 0.3 is 0 Å². The van der Waals surface area contributed by atoms with Crippen LogP contribution in [-0.4, -0.2) is 24.1 Å². The highest BCUT2D eigenvalue weighted by Crippen LogP contribution is 2.32. The summed E-state index contributed by atoms with van der Waals surface area (Å²) in [6.07, 6.45) is 2.92. The van der Waals surface area contributed by atoms with E-state index in [0.29, 0.717) is 17.2 Å². The maximum absolute atomic E-state index is 11.5. The van der Waals surface area contributed by atoms with E-state index < -0.39 is 10.0 Å². The molecule has 1 N–H and O–H groups in total. The van der Waals surface area contributed by atoms with Crippen molar-refractivity contribution in [3.8, 4) is 10.6 Å². The summed E-state index contributed by atoms with van der Waals surface area (Å²) in [6, 6.07) is 9.36. The van der Waals surface area contributed by atoms with E-state index in [9.17, 15) is 8.42 Å². The van der Waals surface area contributed by atoms with E-state index >= 15 is 0 Å². The Bertz CT molecular complexity index is 820. The summed E-state index contributed by atoms with van der Waals surface area (Å²) in [5, 5.41) is 1.93. The molecule has 0 unspecified atom stereocenters. The van der Waals surface area contributed by atoms with Gasteiger partial charge in [-0.15, -0.1) is 11.3 Å². The van der Waals surface area contributed by atoms with Crippen LogP contribution in [0.1, 0.15) is 0 Å². The van der Waals surface area contributed by atoms with Crippen LogP contribution in [0.3, 0.4) is 0 Å². The van der Waals surface area contributed by atoms with Gasteiger partial charge in [-0.25, -0.2) is 13.4 Å². The van der Waals surface area contributed by atoms with Crippen LogP contribution >= 0.6 is 11.3 Å². The Hall–Kier alpha value is -1.86. The lowest BCUT2D eigenvalue weighted by Gasteiger charge is -2.05. The number of rotatable bonds is 3. The molecule has 0 fully saturated rings. The molecule has 0 amide bonds. The van der Waals surface area contributed by atoms with Crippen molar-refractivity contribution in [2.24, 2.45) is 0 Å². The Morgan fingerprint density at radius 1 is 1.26 bits per heavy atom. The monoisotopic (exact) mass is 293 g/mol. The van der Waals surface area contributed by atoms with E-state index in [4.69, 9.17) is 0 Å². The van der Waals surface area contributed by atoms with Crippen molar-refractivity contribution in [1.29, 1.82) is 0 Å². The molecule has 3 aromatic rings. The van der Waals surface area contributed by atoms with E-state index in [1.54, 1.807) is 10.6 Å². The number of fused-ring (bicyclic) bond motifs is 1. The lowest BCUT2D eigenvalue weighted by atomic mass is 10.3. The van der Waals surface area contributed by atoms with Gasteiger partial charge in [-0.1, -0.05) is 12.1 Å². The summed E-state index contributed by atoms with van der Waals surface area (Å²) in [5.41, 5.74) is 1.35. The predicted octanol–water partition coefficient (Wildman–Crippen LogP) is 2.43. The molecule has 0 aliphatic carbocycles. The number of aromatic nitrogens is 2. The number of hydrogen-bond acceptors (Lipinski definition) is 4. The molecule has 0 aliphatic rings. The number of hydrogen-bond donors (Lipinski definition) is 1. The Labute approximate surface area is 114 Å². The zero-order chi connectivity index (χ0) is 13.5. The molecule has 0 aliphatic heterocycles. The second-order valence-corrected chi connectivity index (χ2v) is 6.79. The van der Waals surface area contributed by atoms with Crippen molar-refractivity contribution in [3.05, 3.63) is 41.9 Å². The lowest BCUT2D eigenvalue weighted by molar-refractivity contribution is 0.606. The third-order valence-electron chi connectivity index (χ3n) is 2.57. The van der Waals surface area contributed by atoms with Crippen LogP contribution in [-0.2, 0) is 10.0 Å². The Kier molecular flexibility index (Phi) is 2.79. The normalized spacial score (nSPS) is 11.8. The molecule has 0 bridgehead atoms. The average molecular weight is 293 g/mol. The molecule has 7 heteroatoms. The van der Waals surface area contributed by atoms with Gasteiger partial charge in [0, 0.05) is 6.20 Å². The van der Waals surface area contributed by atoms with Gasteiger partial charge in [0.2, 0.25) is 10.0 Å². The molecule has 0 atom stereocenters. The molecule has 3 aromatic heterocycles. The molecular formula is C12H11N3O2S2. The van der Waals surface area contributed by atoms with Crippen molar-refractivity contribution in [2.45, 2.75) is 0 Å². The van der Waals surface area contributed by atoms with Crippen molar-refractivity contribution in [3.63, 3.8) is 0 Å². The number of thiophene rings is 1. The summed E-state index contributed by atoms with van der Waals surface area (Å²) in [7, 11) is -3.36. The van der Waals surface area contributed by atoms with Crippen LogP contribution in [0.25, 0.3) is 16.2 Å². The van der Waals surface area contributed by atoms with Gasteiger partial charge in [-0.3, -0.25) is 9.12 Å². The first kappa shape index (κ1) is 12.2. The predicted molar refractivity (Wildman–Crippen MR) is 77.0 cm³/mol. The molecule has 98 valence electrons. The van der Waals surface area contributed by atoms with E-state index in [-0.39, 0.29) is 0 Å². The third kappa shape index (κ3) is 2.34. The number of anilines is 1. The maximum Gasteiger partial charge on any atom is 0.230 e. The Balaban J connectivity index is 2.29. The second-order valence-electron chi connectivity index (χ2n) is 4.09. The largest absolute Gasteiger partial charge is 0.285 e. The number of nitrogens with one attached hydrogen (secondary N) is 1. The van der Waals surface area contributed by atoms with Crippen LogP contribution in [0.4, 0.5) is 5.82 Å². The van der Waals surface area contributed by atoms with Gasteiger partial charge in [0.25, 0.3) is 0 Å². The average Bonchev–Trinajstić information content (AvgIpc) is 2.95. The van der Waals surface area contributed by atoms with Gasteiger partial charge in [-0.05, 0) is 23.6 Å². The van der Waals surface area contributed by atoms with Gasteiger partial charge in [0.15, 0.2) is 5.82 Å². The minimum Gasteiger partial charge on any atom is -0.285 e. The molecule has 3 rings (SSSR count). The van der Waals surface area contributed by atoms with Crippen molar-refractivity contribution in [1.82, 2.24) is 9.38 Å². The molecule has 0 radical (unpaired) electrons. The van der Waals surface area contributed by atoms with Crippen LogP contribution in [0.2, 0.25) is 0 Å². The van der Waals surface area contributed by atoms with Crippen molar-refractivity contribution in [2.75, 3.05) is 11.0 Å². The van der Waals surface area contributed by atoms with E-state index in [0.717, 1.165) is 11.1 Å². The van der Waals surface area contributed by atoms with Crippen LogP contribution in [0.15, 0.2) is 41.9 Å². The zero-order valence-corrected chi connectivity index (χ0v) is 11.7. The molecule has 0 saturated carbocycles. The van der Waals surface area contributed by atoms with Gasteiger partial charge in [0.1, 0.15) is 11.3 Å². The van der Waals surface area contributed by atoms with Gasteiger partial charge in [-0.2, -0.15) is 0 Å². The first-order valence-corrected chi connectivity index (χ1v) is 8.30. The minimum absolute atomic E-state index is 0.473. The highest BCUT2D eigenvalue weighted by atomic mass is 32.2. The van der Waals surface area contributed by atoms with Crippen LogP contribution in [0.5, 0.6) is 0 Å². The number of pyridine rings is 1. The lowest BCUT2D eigenvalue weighted by Crippen LogP contribution is -2.11. The Morgan fingerprint density at radius 2 is 2.11 bits per heavy atom. The molecule has 5 nitrogen and oxygen atoms in total. The number of imidazole rings is 1. The SMILES string of the molecule is CS(=O)(=O)Nc1c(-c2cccs2)nc2ccccn12. The van der Waals surface area contributed by atoms with Crippen molar-refractivity contribution >= 4 is 32.8 Å². The fraction of sp³-hybridized carbons (Fsp3) is 0.0833. The molecule has 0 saturated heterocycles. The van der Waals surface area contributed by atoms with Gasteiger partial charge in [0.05, 0.1) is 11.1 Å². The summed E-state index contributed by atoms with van der Waals surface area (Å²) >= 11 is 1.52. The summed E-state index contributed by atoms with van der Waals surface area (Å²) < 4.78 is 27.3. The van der Waals surface area contributed by atoms with Gasteiger partial charge < -0.3 is 0 Å². The smallest absolute Gasteiger partial charge is 0.230 e.